The van der Waals surface area contributed by atoms with Gasteiger partial charge < -0.3 is 9.47 Å². The minimum absolute atomic E-state index is 0.302. The number of methoxy groups -OCH3 is 1. The first-order chi connectivity index (χ1) is 7.69. The molecule has 0 saturated carbocycles. The predicted molar refractivity (Wildman–Crippen MR) is 62.4 cm³/mol. The van der Waals surface area contributed by atoms with Crippen LogP contribution in [0.4, 0.5) is 0 Å². The van der Waals surface area contributed by atoms with Crippen LogP contribution in [0.1, 0.15) is 12.5 Å². The number of hydrogen-bond acceptors (Lipinski definition) is 3. The molecule has 0 spiro atoms. The van der Waals surface area contributed by atoms with Crippen molar-refractivity contribution in [1.82, 2.24) is 0 Å². The Morgan fingerprint density at radius 3 is 2.75 bits per heavy atom. The SMILES string of the molecule is COC=C(C)C(=O)Oc1ccccc1CCl. The van der Waals surface area contributed by atoms with E-state index in [2.05, 4.69) is 0 Å². The number of esters is 1. The molecule has 0 N–H and O–H groups in total. The number of benzene rings is 1. The highest BCUT2D eigenvalue weighted by Gasteiger charge is 2.10. The molecule has 86 valence electrons. The lowest BCUT2D eigenvalue weighted by molar-refractivity contribution is -0.130. The lowest BCUT2D eigenvalue weighted by atomic mass is 10.2. The van der Waals surface area contributed by atoms with Gasteiger partial charge in [0, 0.05) is 5.56 Å². The van der Waals surface area contributed by atoms with Crippen LogP contribution in [0.25, 0.3) is 0 Å². The third-order valence-corrected chi connectivity index (χ3v) is 2.22. The van der Waals surface area contributed by atoms with E-state index in [9.17, 15) is 4.79 Å². The fourth-order valence-electron chi connectivity index (χ4n) is 1.12. The van der Waals surface area contributed by atoms with E-state index >= 15 is 0 Å². The molecular formula is C12H13ClO3. The minimum atomic E-state index is -0.445. The topological polar surface area (TPSA) is 35.5 Å². The molecule has 0 aliphatic rings. The minimum Gasteiger partial charge on any atom is -0.504 e. The van der Waals surface area contributed by atoms with Crippen LogP contribution in [0.5, 0.6) is 5.75 Å². The molecule has 0 unspecified atom stereocenters. The highest BCUT2D eigenvalue weighted by atomic mass is 35.5. The molecule has 0 aromatic heterocycles. The fourth-order valence-corrected chi connectivity index (χ4v) is 1.34. The van der Waals surface area contributed by atoms with E-state index in [0.717, 1.165) is 5.56 Å². The summed E-state index contributed by atoms with van der Waals surface area (Å²) in [4.78, 5) is 11.6. The maximum absolute atomic E-state index is 11.6. The van der Waals surface area contributed by atoms with Crippen molar-refractivity contribution in [1.29, 1.82) is 0 Å². The zero-order chi connectivity index (χ0) is 12.0. The van der Waals surface area contributed by atoms with Gasteiger partial charge in [-0.2, -0.15) is 0 Å². The van der Waals surface area contributed by atoms with Crippen molar-refractivity contribution in [2.45, 2.75) is 12.8 Å². The summed E-state index contributed by atoms with van der Waals surface area (Å²) < 4.78 is 9.91. The molecule has 0 fully saturated rings. The van der Waals surface area contributed by atoms with Crippen molar-refractivity contribution < 1.29 is 14.3 Å². The van der Waals surface area contributed by atoms with Crippen molar-refractivity contribution in [2.24, 2.45) is 0 Å². The van der Waals surface area contributed by atoms with Crippen molar-refractivity contribution >= 4 is 17.6 Å². The van der Waals surface area contributed by atoms with Crippen LogP contribution in [-0.4, -0.2) is 13.1 Å². The Hall–Kier alpha value is -1.48. The Labute approximate surface area is 99.6 Å². The number of ether oxygens (including phenoxy) is 2. The number of rotatable bonds is 4. The Kier molecular flexibility index (Phi) is 4.86. The zero-order valence-corrected chi connectivity index (χ0v) is 9.95. The highest BCUT2D eigenvalue weighted by Crippen LogP contribution is 2.20. The maximum atomic E-state index is 11.6. The van der Waals surface area contributed by atoms with Gasteiger partial charge in [-0.05, 0) is 13.0 Å². The molecule has 1 aromatic rings. The van der Waals surface area contributed by atoms with Gasteiger partial charge in [-0.1, -0.05) is 18.2 Å². The number of carbonyl (C=O) groups is 1. The molecule has 0 amide bonds. The quantitative estimate of drug-likeness (QED) is 0.267. The van der Waals surface area contributed by atoms with Crippen LogP contribution in [0.15, 0.2) is 36.1 Å². The van der Waals surface area contributed by atoms with Gasteiger partial charge in [-0.15, -0.1) is 11.6 Å². The predicted octanol–water partition coefficient (Wildman–Crippen LogP) is 2.88. The number of hydrogen-bond donors (Lipinski definition) is 0. The molecule has 3 nitrogen and oxygen atoms in total. The average molecular weight is 241 g/mol. The summed E-state index contributed by atoms with van der Waals surface area (Å²) in [5.41, 5.74) is 1.18. The molecule has 0 atom stereocenters. The molecule has 0 saturated heterocycles. The van der Waals surface area contributed by atoms with Crippen molar-refractivity contribution in [3.05, 3.63) is 41.7 Å². The van der Waals surface area contributed by atoms with Crippen molar-refractivity contribution in [3.8, 4) is 5.75 Å². The normalized spacial score (nSPS) is 11.1. The molecular weight excluding hydrogens is 228 g/mol. The van der Waals surface area contributed by atoms with Crippen molar-refractivity contribution in [2.75, 3.05) is 7.11 Å². The molecule has 0 aliphatic carbocycles. The molecule has 1 aromatic carbocycles. The number of halogens is 1. The molecule has 16 heavy (non-hydrogen) atoms. The first-order valence-electron chi connectivity index (χ1n) is 4.74. The van der Waals surface area contributed by atoms with E-state index in [1.807, 2.05) is 12.1 Å². The van der Waals surface area contributed by atoms with Gasteiger partial charge in [0.1, 0.15) is 5.75 Å². The molecule has 1 rings (SSSR count). The molecule has 4 heteroatoms. The lowest BCUT2D eigenvalue weighted by Gasteiger charge is -2.07. The van der Waals surface area contributed by atoms with Crippen LogP contribution in [0.3, 0.4) is 0 Å². The average Bonchev–Trinajstić information content (AvgIpc) is 2.30. The van der Waals surface area contributed by atoms with Gasteiger partial charge in [0.05, 0.1) is 24.8 Å². The van der Waals surface area contributed by atoms with Crippen LogP contribution in [0, 0.1) is 0 Å². The summed E-state index contributed by atoms with van der Waals surface area (Å²) in [5.74, 6) is 0.335. The second-order valence-corrected chi connectivity index (χ2v) is 3.43. The monoisotopic (exact) mass is 240 g/mol. The van der Waals surface area contributed by atoms with Crippen LogP contribution in [-0.2, 0) is 15.4 Å². The third-order valence-electron chi connectivity index (χ3n) is 1.94. The number of carbonyl (C=O) groups excluding carboxylic acids is 1. The first kappa shape index (κ1) is 12.6. The van der Waals surface area contributed by atoms with Gasteiger partial charge in [0.25, 0.3) is 0 Å². The van der Waals surface area contributed by atoms with Gasteiger partial charge in [0.15, 0.2) is 0 Å². The smallest absolute Gasteiger partial charge is 0.342 e. The van der Waals surface area contributed by atoms with E-state index < -0.39 is 5.97 Å². The summed E-state index contributed by atoms with van der Waals surface area (Å²) in [7, 11) is 1.48. The second-order valence-electron chi connectivity index (χ2n) is 3.17. The van der Waals surface area contributed by atoms with E-state index in [1.54, 1.807) is 19.1 Å². The highest BCUT2D eigenvalue weighted by molar-refractivity contribution is 6.17. The second kappa shape index (κ2) is 6.18. The Morgan fingerprint density at radius 2 is 2.12 bits per heavy atom. The molecule has 0 heterocycles. The Bertz CT molecular complexity index is 399. The first-order valence-corrected chi connectivity index (χ1v) is 5.28. The standard InChI is InChI=1S/C12H13ClO3/c1-9(8-15-2)12(14)16-11-6-4-3-5-10(11)7-13/h3-6,8H,7H2,1-2H3. The van der Waals surface area contributed by atoms with E-state index in [4.69, 9.17) is 21.1 Å². The van der Waals surface area contributed by atoms with Crippen molar-refractivity contribution in [3.63, 3.8) is 0 Å². The van der Waals surface area contributed by atoms with Gasteiger partial charge in [-0.25, -0.2) is 4.79 Å². The van der Waals surface area contributed by atoms with Crippen LogP contribution < -0.4 is 4.74 Å². The lowest BCUT2D eigenvalue weighted by Crippen LogP contribution is -2.10. The molecule has 0 aliphatic heterocycles. The largest absolute Gasteiger partial charge is 0.504 e. The number of para-hydroxylation sites is 1. The Balaban J connectivity index is 2.80. The Morgan fingerprint density at radius 1 is 1.44 bits per heavy atom. The van der Waals surface area contributed by atoms with Crippen LogP contribution in [0.2, 0.25) is 0 Å². The van der Waals surface area contributed by atoms with E-state index in [-0.39, 0.29) is 0 Å². The summed E-state index contributed by atoms with van der Waals surface area (Å²) in [6.45, 7) is 1.62. The van der Waals surface area contributed by atoms with Gasteiger partial charge in [-0.3, -0.25) is 0 Å². The summed E-state index contributed by atoms with van der Waals surface area (Å²) >= 11 is 5.73. The summed E-state index contributed by atoms with van der Waals surface area (Å²) in [5, 5.41) is 0. The summed E-state index contributed by atoms with van der Waals surface area (Å²) in [6, 6.07) is 7.14. The van der Waals surface area contributed by atoms with Gasteiger partial charge in [0.2, 0.25) is 0 Å². The fraction of sp³-hybridized carbons (Fsp3) is 0.250. The van der Waals surface area contributed by atoms with Crippen LogP contribution >= 0.6 is 11.6 Å². The zero-order valence-electron chi connectivity index (χ0n) is 9.20. The third kappa shape index (κ3) is 3.28. The number of alkyl halides is 1. The summed E-state index contributed by atoms with van der Waals surface area (Å²) in [6.07, 6.45) is 1.34. The van der Waals surface area contributed by atoms with E-state index in [1.165, 1.54) is 13.4 Å². The molecule has 0 radical (unpaired) electrons. The van der Waals surface area contributed by atoms with Gasteiger partial charge >= 0.3 is 5.97 Å². The molecule has 0 bridgehead atoms. The van der Waals surface area contributed by atoms with E-state index in [0.29, 0.717) is 17.2 Å². The maximum Gasteiger partial charge on any atom is 0.342 e.